The predicted octanol–water partition coefficient (Wildman–Crippen LogP) is 2.64. The summed E-state index contributed by atoms with van der Waals surface area (Å²) in [6.45, 7) is 0.143. The summed E-state index contributed by atoms with van der Waals surface area (Å²) in [4.78, 5) is 18.2. The zero-order valence-corrected chi connectivity index (χ0v) is 11.3. The molecule has 21 heavy (non-hydrogen) atoms. The van der Waals surface area contributed by atoms with Crippen LogP contribution in [-0.2, 0) is 11.3 Å². The number of benzene rings is 2. The Morgan fingerprint density at radius 2 is 1.52 bits per heavy atom. The van der Waals surface area contributed by atoms with Crippen molar-refractivity contribution in [2.75, 3.05) is 4.90 Å². The summed E-state index contributed by atoms with van der Waals surface area (Å²) in [6, 6.07) is 19.1. The van der Waals surface area contributed by atoms with Crippen molar-refractivity contribution in [3.63, 3.8) is 0 Å². The second-order valence-corrected chi connectivity index (χ2v) is 4.49. The van der Waals surface area contributed by atoms with E-state index in [1.165, 1.54) is 17.3 Å². The first kappa shape index (κ1) is 13.1. The fourth-order valence-electron chi connectivity index (χ4n) is 2.11. The van der Waals surface area contributed by atoms with Gasteiger partial charge in [-0.05, 0) is 24.3 Å². The Morgan fingerprint density at radius 3 is 2.00 bits per heavy atom. The molecule has 5 heteroatoms. The maximum absolute atomic E-state index is 12.6. The van der Waals surface area contributed by atoms with E-state index >= 15 is 0 Å². The number of hydrogen-bond donors (Lipinski definition) is 0. The van der Waals surface area contributed by atoms with Gasteiger partial charge >= 0.3 is 0 Å². The van der Waals surface area contributed by atoms with Gasteiger partial charge in [0.15, 0.2) is 0 Å². The molecular weight excluding hydrogens is 264 g/mol. The van der Waals surface area contributed by atoms with Gasteiger partial charge < -0.3 is 0 Å². The molecule has 1 amide bonds. The summed E-state index contributed by atoms with van der Waals surface area (Å²) in [5, 5.41) is 3.98. The van der Waals surface area contributed by atoms with Gasteiger partial charge in [0.05, 0.1) is 0 Å². The average molecular weight is 278 g/mol. The highest BCUT2D eigenvalue weighted by atomic mass is 16.2. The van der Waals surface area contributed by atoms with E-state index in [0.29, 0.717) is 0 Å². The molecule has 1 heterocycles. The van der Waals surface area contributed by atoms with Crippen LogP contribution < -0.4 is 4.90 Å². The molecule has 3 aromatic rings. The minimum Gasteiger partial charge on any atom is -0.279 e. The highest BCUT2D eigenvalue weighted by molar-refractivity contribution is 6.00. The van der Waals surface area contributed by atoms with Crippen LogP contribution in [0.5, 0.6) is 0 Å². The van der Waals surface area contributed by atoms with Gasteiger partial charge in [-0.15, -0.1) is 0 Å². The van der Waals surface area contributed by atoms with Gasteiger partial charge in [0.2, 0.25) is 0 Å². The van der Waals surface area contributed by atoms with Crippen LogP contribution >= 0.6 is 0 Å². The topological polar surface area (TPSA) is 51.0 Å². The van der Waals surface area contributed by atoms with Gasteiger partial charge in [0, 0.05) is 11.4 Å². The van der Waals surface area contributed by atoms with Crippen LogP contribution in [-0.4, -0.2) is 20.7 Å². The number of para-hydroxylation sites is 2. The number of nitrogens with zero attached hydrogens (tertiary/aromatic N) is 4. The number of rotatable bonds is 4. The van der Waals surface area contributed by atoms with E-state index in [9.17, 15) is 4.79 Å². The Balaban J connectivity index is 1.95. The number of amides is 1. The van der Waals surface area contributed by atoms with Crippen molar-refractivity contribution in [1.82, 2.24) is 14.8 Å². The Hall–Kier alpha value is -2.95. The van der Waals surface area contributed by atoms with Crippen molar-refractivity contribution in [1.29, 1.82) is 0 Å². The predicted molar refractivity (Wildman–Crippen MR) is 80.1 cm³/mol. The molecule has 104 valence electrons. The summed E-state index contributed by atoms with van der Waals surface area (Å²) in [5.41, 5.74) is 1.66. The Kier molecular flexibility index (Phi) is 3.73. The van der Waals surface area contributed by atoms with Crippen LogP contribution in [0.4, 0.5) is 11.4 Å². The maximum Gasteiger partial charge on any atom is 0.253 e. The molecule has 0 saturated heterocycles. The lowest BCUT2D eigenvalue weighted by molar-refractivity contribution is -0.118. The van der Waals surface area contributed by atoms with Gasteiger partial charge in [-0.3, -0.25) is 9.69 Å². The summed E-state index contributed by atoms with van der Waals surface area (Å²) in [5.74, 6) is -0.0714. The molecule has 0 fully saturated rings. The molecule has 0 spiro atoms. The number of aromatic nitrogens is 3. The van der Waals surface area contributed by atoms with Crippen molar-refractivity contribution < 1.29 is 4.79 Å². The third-order valence-electron chi connectivity index (χ3n) is 3.04. The molecule has 0 aliphatic heterocycles. The van der Waals surface area contributed by atoms with Crippen LogP contribution in [0.25, 0.3) is 0 Å². The average Bonchev–Trinajstić information content (AvgIpc) is 3.02. The number of carbonyl (C=O) groups is 1. The molecule has 0 aliphatic carbocycles. The van der Waals surface area contributed by atoms with Gasteiger partial charge in [-0.1, -0.05) is 36.4 Å². The van der Waals surface area contributed by atoms with E-state index in [-0.39, 0.29) is 12.5 Å². The van der Waals surface area contributed by atoms with Gasteiger partial charge in [-0.25, -0.2) is 9.67 Å². The lowest BCUT2D eigenvalue weighted by Crippen LogP contribution is -2.29. The van der Waals surface area contributed by atoms with Gasteiger partial charge in [-0.2, -0.15) is 5.10 Å². The van der Waals surface area contributed by atoms with Crippen molar-refractivity contribution >= 4 is 17.3 Å². The Morgan fingerprint density at radius 1 is 0.952 bits per heavy atom. The lowest BCUT2D eigenvalue weighted by atomic mass is 10.2. The van der Waals surface area contributed by atoms with Crippen LogP contribution in [0.15, 0.2) is 73.3 Å². The number of carbonyl (C=O) groups excluding carboxylic acids is 1. The van der Waals surface area contributed by atoms with Crippen LogP contribution in [0.3, 0.4) is 0 Å². The molecule has 0 radical (unpaired) electrons. The molecule has 0 atom stereocenters. The second kappa shape index (κ2) is 6.00. The highest BCUT2D eigenvalue weighted by Gasteiger charge is 2.18. The smallest absolute Gasteiger partial charge is 0.253 e. The van der Waals surface area contributed by atoms with Crippen LogP contribution in [0.2, 0.25) is 0 Å². The number of hydrogen-bond acceptors (Lipinski definition) is 3. The molecule has 0 bridgehead atoms. The van der Waals surface area contributed by atoms with Crippen molar-refractivity contribution in [2.45, 2.75) is 6.54 Å². The summed E-state index contributed by atoms with van der Waals surface area (Å²) in [6.07, 6.45) is 2.95. The molecule has 0 aliphatic rings. The van der Waals surface area contributed by atoms with Crippen LogP contribution in [0.1, 0.15) is 0 Å². The zero-order valence-electron chi connectivity index (χ0n) is 11.3. The normalized spacial score (nSPS) is 10.3. The molecule has 5 nitrogen and oxygen atoms in total. The van der Waals surface area contributed by atoms with Gasteiger partial charge in [0.25, 0.3) is 5.91 Å². The molecule has 3 rings (SSSR count). The van der Waals surface area contributed by atoms with E-state index in [4.69, 9.17) is 0 Å². The summed E-state index contributed by atoms with van der Waals surface area (Å²) < 4.78 is 1.52. The molecule has 2 aromatic carbocycles. The molecule has 0 saturated carbocycles. The van der Waals surface area contributed by atoms with E-state index in [1.807, 2.05) is 60.7 Å². The van der Waals surface area contributed by atoms with E-state index < -0.39 is 0 Å². The lowest BCUT2D eigenvalue weighted by Gasteiger charge is -2.22. The Labute approximate surface area is 122 Å². The molecule has 0 N–H and O–H groups in total. The fraction of sp³-hybridized carbons (Fsp3) is 0.0625. The van der Waals surface area contributed by atoms with E-state index in [0.717, 1.165) is 11.4 Å². The highest BCUT2D eigenvalue weighted by Crippen LogP contribution is 2.25. The minimum absolute atomic E-state index is 0.0714. The zero-order chi connectivity index (χ0) is 14.5. The fourth-order valence-corrected chi connectivity index (χ4v) is 2.11. The van der Waals surface area contributed by atoms with Crippen molar-refractivity contribution in [2.24, 2.45) is 0 Å². The molecule has 0 unspecified atom stereocenters. The quantitative estimate of drug-likeness (QED) is 0.737. The first-order valence-corrected chi connectivity index (χ1v) is 6.60. The van der Waals surface area contributed by atoms with E-state index in [2.05, 4.69) is 10.1 Å². The number of anilines is 2. The van der Waals surface area contributed by atoms with Crippen LogP contribution in [0, 0.1) is 0 Å². The largest absolute Gasteiger partial charge is 0.279 e. The van der Waals surface area contributed by atoms with Crippen molar-refractivity contribution in [3.05, 3.63) is 73.3 Å². The third-order valence-corrected chi connectivity index (χ3v) is 3.04. The summed E-state index contributed by atoms with van der Waals surface area (Å²) >= 11 is 0. The first-order valence-electron chi connectivity index (χ1n) is 6.60. The molecule has 1 aromatic heterocycles. The minimum atomic E-state index is -0.0714. The van der Waals surface area contributed by atoms with E-state index in [1.54, 1.807) is 4.90 Å². The first-order chi connectivity index (χ1) is 10.3. The summed E-state index contributed by atoms with van der Waals surface area (Å²) in [7, 11) is 0. The molecular formula is C16H14N4O. The van der Waals surface area contributed by atoms with Crippen molar-refractivity contribution in [3.8, 4) is 0 Å². The standard InChI is InChI=1S/C16H14N4O/c21-16(11-19-13-17-12-18-19)20(14-7-3-1-4-8-14)15-9-5-2-6-10-15/h1-10,12-13H,11H2. The monoisotopic (exact) mass is 278 g/mol. The Bertz CT molecular complexity index is 656. The third kappa shape index (κ3) is 2.97. The SMILES string of the molecule is O=C(Cn1cncn1)N(c1ccccc1)c1ccccc1. The van der Waals surface area contributed by atoms with Gasteiger partial charge in [0.1, 0.15) is 19.2 Å². The second-order valence-electron chi connectivity index (χ2n) is 4.49. The maximum atomic E-state index is 12.6.